The molecule has 0 N–H and O–H groups in total. The second-order valence-corrected chi connectivity index (χ2v) is 6.12. The highest BCUT2D eigenvalue weighted by Gasteiger charge is 2.46. The molecule has 0 radical (unpaired) electrons. The van der Waals surface area contributed by atoms with Gasteiger partial charge < -0.3 is 4.74 Å². The van der Waals surface area contributed by atoms with E-state index in [4.69, 9.17) is 4.74 Å². The first-order valence-electron chi connectivity index (χ1n) is 7.60. The summed E-state index contributed by atoms with van der Waals surface area (Å²) >= 11 is 0. The molecule has 1 fully saturated rings. The molecule has 2 aliphatic carbocycles. The monoisotopic (exact) mass is 294 g/mol. The van der Waals surface area contributed by atoms with E-state index >= 15 is 0 Å². The highest BCUT2D eigenvalue weighted by atomic mass is 16.5. The van der Waals surface area contributed by atoms with Gasteiger partial charge in [-0.1, -0.05) is 17.7 Å². The number of hydrogen-bond donors (Lipinski definition) is 0. The van der Waals surface area contributed by atoms with Crippen LogP contribution in [0.3, 0.4) is 0 Å². The van der Waals surface area contributed by atoms with E-state index in [1.807, 2.05) is 13.0 Å². The molecular weight excluding hydrogens is 276 g/mol. The molecule has 0 amide bonds. The summed E-state index contributed by atoms with van der Waals surface area (Å²) in [6, 6.07) is 6.21. The van der Waals surface area contributed by atoms with Crippen molar-refractivity contribution in [3.8, 4) is 5.75 Å². The predicted octanol–water partition coefficient (Wildman–Crippen LogP) is 3.37. The SMILES string of the molecule is COc1ccc2c(c1)C1CC1C([C@H](C)C(=O)n1ccnc1)=C2. The normalized spacial score (nSPS) is 23.1. The number of carbonyl (C=O) groups excluding carboxylic acids is 1. The first-order valence-corrected chi connectivity index (χ1v) is 7.60. The van der Waals surface area contributed by atoms with Crippen molar-refractivity contribution in [1.29, 1.82) is 0 Å². The third-order valence-corrected chi connectivity index (χ3v) is 4.86. The van der Waals surface area contributed by atoms with E-state index in [9.17, 15) is 4.79 Å². The number of fused-ring (bicyclic) bond motifs is 3. The molecule has 2 aliphatic rings. The number of ether oxygens (including phenoxy) is 1. The van der Waals surface area contributed by atoms with E-state index in [1.165, 1.54) is 16.7 Å². The molecular formula is C18H18N2O2. The number of methoxy groups -OCH3 is 1. The van der Waals surface area contributed by atoms with Crippen LogP contribution in [0.1, 0.15) is 35.2 Å². The van der Waals surface area contributed by atoms with Crippen LogP contribution in [-0.4, -0.2) is 22.6 Å². The smallest absolute Gasteiger partial charge is 0.238 e. The van der Waals surface area contributed by atoms with Crippen molar-refractivity contribution >= 4 is 12.0 Å². The molecule has 0 spiro atoms. The number of imidazole rings is 1. The summed E-state index contributed by atoms with van der Waals surface area (Å²) in [4.78, 5) is 16.5. The van der Waals surface area contributed by atoms with Crippen LogP contribution in [0.2, 0.25) is 0 Å². The van der Waals surface area contributed by atoms with Gasteiger partial charge in [0.05, 0.1) is 13.0 Å². The average molecular weight is 294 g/mol. The van der Waals surface area contributed by atoms with Crippen LogP contribution in [0.5, 0.6) is 5.75 Å². The Morgan fingerprint density at radius 3 is 3.00 bits per heavy atom. The highest BCUT2D eigenvalue weighted by Crippen LogP contribution is 2.58. The predicted molar refractivity (Wildman–Crippen MR) is 83.8 cm³/mol. The molecule has 1 aromatic carbocycles. The summed E-state index contributed by atoms with van der Waals surface area (Å²) in [5.41, 5.74) is 3.83. The highest BCUT2D eigenvalue weighted by molar-refractivity contribution is 5.86. The number of benzene rings is 1. The first-order chi connectivity index (χ1) is 10.7. The number of carbonyl (C=O) groups is 1. The molecule has 1 aromatic heterocycles. The van der Waals surface area contributed by atoms with Gasteiger partial charge in [0.2, 0.25) is 5.91 Å². The van der Waals surface area contributed by atoms with Crippen LogP contribution in [0.15, 0.2) is 42.5 Å². The zero-order chi connectivity index (χ0) is 15.3. The Morgan fingerprint density at radius 1 is 1.41 bits per heavy atom. The standard InChI is InChI=1S/C18H18N2O2/c1-11(18(21)20-6-5-19-10-20)14-7-12-3-4-13(22-2)8-15(12)17-9-16(14)17/h3-8,10-11,16-17H,9H2,1-2H3/t11-,16?,17?/m0/s1. The number of nitrogens with zero attached hydrogens (tertiary/aromatic N) is 2. The van der Waals surface area contributed by atoms with Crippen molar-refractivity contribution in [2.45, 2.75) is 19.3 Å². The lowest BCUT2D eigenvalue weighted by Crippen LogP contribution is -2.21. The first kappa shape index (κ1) is 13.3. The third kappa shape index (κ3) is 1.98. The maximum atomic E-state index is 12.5. The van der Waals surface area contributed by atoms with Crippen LogP contribution in [0.25, 0.3) is 6.08 Å². The molecule has 4 rings (SSSR count). The topological polar surface area (TPSA) is 44.1 Å². The van der Waals surface area contributed by atoms with Gasteiger partial charge in [-0.2, -0.15) is 0 Å². The van der Waals surface area contributed by atoms with E-state index in [0.717, 1.165) is 12.2 Å². The van der Waals surface area contributed by atoms with Crippen molar-refractivity contribution in [3.05, 3.63) is 53.6 Å². The molecule has 4 nitrogen and oxygen atoms in total. The van der Waals surface area contributed by atoms with Gasteiger partial charge in [-0.3, -0.25) is 9.36 Å². The fourth-order valence-electron chi connectivity index (χ4n) is 3.53. The maximum Gasteiger partial charge on any atom is 0.238 e. The lowest BCUT2D eigenvalue weighted by atomic mass is 9.86. The van der Waals surface area contributed by atoms with Crippen molar-refractivity contribution in [2.75, 3.05) is 7.11 Å². The van der Waals surface area contributed by atoms with Gasteiger partial charge in [-0.15, -0.1) is 0 Å². The van der Waals surface area contributed by atoms with Gasteiger partial charge in [0.15, 0.2) is 0 Å². The molecule has 3 atom stereocenters. The van der Waals surface area contributed by atoms with Gasteiger partial charge in [-0.25, -0.2) is 4.98 Å². The Morgan fingerprint density at radius 2 is 2.27 bits per heavy atom. The Kier molecular flexibility index (Phi) is 2.93. The lowest BCUT2D eigenvalue weighted by molar-refractivity contribution is 0.0862. The average Bonchev–Trinajstić information content (AvgIpc) is 3.17. The molecule has 112 valence electrons. The van der Waals surface area contributed by atoms with Crippen LogP contribution in [0.4, 0.5) is 0 Å². The van der Waals surface area contributed by atoms with Gasteiger partial charge in [0, 0.05) is 12.4 Å². The second-order valence-electron chi connectivity index (χ2n) is 6.12. The Bertz CT molecular complexity index is 761. The van der Waals surface area contributed by atoms with Crippen molar-refractivity contribution < 1.29 is 9.53 Å². The fourth-order valence-corrected chi connectivity index (χ4v) is 3.53. The zero-order valence-corrected chi connectivity index (χ0v) is 12.7. The molecule has 0 bridgehead atoms. The fraction of sp³-hybridized carbons (Fsp3) is 0.333. The molecule has 2 unspecified atom stereocenters. The van der Waals surface area contributed by atoms with Crippen molar-refractivity contribution in [3.63, 3.8) is 0 Å². The summed E-state index contributed by atoms with van der Waals surface area (Å²) in [5, 5.41) is 0. The second kappa shape index (κ2) is 4.83. The largest absolute Gasteiger partial charge is 0.497 e. The summed E-state index contributed by atoms with van der Waals surface area (Å²) in [5.74, 6) is 1.93. The van der Waals surface area contributed by atoms with Gasteiger partial charge in [0.1, 0.15) is 12.1 Å². The van der Waals surface area contributed by atoms with Crippen molar-refractivity contribution in [2.24, 2.45) is 11.8 Å². The van der Waals surface area contributed by atoms with Crippen LogP contribution >= 0.6 is 0 Å². The molecule has 22 heavy (non-hydrogen) atoms. The maximum absolute atomic E-state index is 12.5. The summed E-state index contributed by atoms with van der Waals surface area (Å²) < 4.78 is 6.90. The minimum absolute atomic E-state index is 0.0892. The molecule has 1 heterocycles. The quantitative estimate of drug-likeness (QED) is 0.871. The summed E-state index contributed by atoms with van der Waals surface area (Å²) in [7, 11) is 1.70. The van der Waals surface area contributed by atoms with Crippen molar-refractivity contribution in [1.82, 2.24) is 9.55 Å². The van der Waals surface area contributed by atoms with E-state index in [-0.39, 0.29) is 11.8 Å². The van der Waals surface area contributed by atoms with E-state index in [2.05, 4.69) is 23.2 Å². The molecule has 4 heteroatoms. The molecule has 0 aliphatic heterocycles. The minimum Gasteiger partial charge on any atom is -0.497 e. The summed E-state index contributed by atoms with van der Waals surface area (Å²) in [6.07, 6.45) is 8.26. The van der Waals surface area contributed by atoms with E-state index < -0.39 is 0 Å². The van der Waals surface area contributed by atoms with Crippen LogP contribution in [-0.2, 0) is 0 Å². The van der Waals surface area contributed by atoms with Crippen LogP contribution in [0, 0.1) is 11.8 Å². The molecule has 1 saturated carbocycles. The number of rotatable bonds is 3. The van der Waals surface area contributed by atoms with Gasteiger partial charge in [0.25, 0.3) is 0 Å². The van der Waals surface area contributed by atoms with E-state index in [0.29, 0.717) is 11.8 Å². The third-order valence-electron chi connectivity index (χ3n) is 4.86. The Balaban J connectivity index is 1.68. The number of hydrogen-bond acceptors (Lipinski definition) is 3. The van der Waals surface area contributed by atoms with Gasteiger partial charge >= 0.3 is 0 Å². The Hall–Kier alpha value is -2.36. The van der Waals surface area contributed by atoms with Gasteiger partial charge in [-0.05, 0) is 48.4 Å². The lowest BCUT2D eigenvalue weighted by Gasteiger charge is -2.21. The molecule has 2 aromatic rings. The molecule has 0 saturated heterocycles. The zero-order valence-electron chi connectivity index (χ0n) is 12.7. The number of aromatic nitrogens is 2. The summed E-state index contributed by atoms with van der Waals surface area (Å²) in [6.45, 7) is 2.00. The van der Waals surface area contributed by atoms with Crippen LogP contribution < -0.4 is 4.74 Å². The Labute approximate surface area is 129 Å². The minimum atomic E-state index is -0.112. The van der Waals surface area contributed by atoms with E-state index in [1.54, 1.807) is 30.4 Å². The number of allylic oxidation sites excluding steroid dienone is 1.